The first-order valence-electron chi connectivity index (χ1n) is 20.1. The summed E-state index contributed by atoms with van der Waals surface area (Å²) in [6.07, 6.45) is -30.2. The van der Waals surface area contributed by atoms with Crippen molar-refractivity contribution in [2.24, 2.45) is 58.7 Å². The summed E-state index contributed by atoms with van der Waals surface area (Å²) in [5, 5.41) is 9.74. The number of carboxylic acids is 1. The Labute approximate surface area is 351 Å². The monoisotopic (exact) mass is 912 g/mol. The van der Waals surface area contributed by atoms with Gasteiger partial charge >= 0.3 is 60.3 Å². The van der Waals surface area contributed by atoms with Crippen LogP contribution in [0.5, 0.6) is 0 Å². The lowest BCUT2D eigenvalue weighted by atomic mass is 9.61. The van der Waals surface area contributed by atoms with Crippen molar-refractivity contribution >= 4 is 36.2 Å². The molecule has 1 N–H and O–H groups in total. The Morgan fingerprint density at radius 1 is 0.677 bits per heavy atom. The Bertz CT molecular complexity index is 1750. The van der Waals surface area contributed by atoms with Crippen LogP contribution in [0, 0.1) is 58.7 Å². The SMILES string of the molecule is CCC(C)(C(=O)OC1CC(C(C)(OC(=O)OC(C)(C)C)C(F)(F)F)CC(C(OC(=O)OC(C)(C)C)(C(F)(F)F)C(F)(F)F)C1)C1C(=O)OC(=O)C1C1C2CC(C(=O)O)C(C2)C1C. The lowest BCUT2D eigenvalue weighted by Gasteiger charge is -2.49. The van der Waals surface area contributed by atoms with Crippen molar-refractivity contribution in [3.8, 4) is 0 Å². The molecule has 3 saturated carbocycles. The summed E-state index contributed by atoms with van der Waals surface area (Å²) in [6, 6.07) is 0. The van der Waals surface area contributed by atoms with Gasteiger partial charge in [0.15, 0.2) is 0 Å². The number of hydrogen-bond acceptors (Lipinski definition) is 12. The molecule has 0 aromatic rings. The quantitative estimate of drug-likeness (QED) is 0.0951. The van der Waals surface area contributed by atoms with E-state index < -0.39 is 161 Å². The molecule has 4 aliphatic rings. The first-order valence-corrected chi connectivity index (χ1v) is 20.1. The van der Waals surface area contributed by atoms with Crippen LogP contribution in [0.15, 0.2) is 0 Å². The molecule has 62 heavy (non-hydrogen) atoms. The van der Waals surface area contributed by atoms with Gasteiger partial charge in [-0.3, -0.25) is 19.2 Å². The van der Waals surface area contributed by atoms with Crippen LogP contribution in [0.3, 0.4) is 0 Å². The fourth-order valence-electron chi connectivity index (χ4n) is 10.1. The second-order valence-electron chi connectivity index (χ2n) is 19.4. The molecule has 0 radical (unpaired) electrons. The third-order valence-corrected chi connectivity index (χ3v) is 13.2. The molecule has 4 rings (SSSR count). The number of carboxylic acid groups (broad SMARTS) is 1. The number of halogens is 9. The van der Waals surface area contributed by atoms with E-state index in [2.05, 4.69) is 9.47 Å². The molecule has 1 heterocycles. The van der Waals surface area contributed by atoms with Gasteiger partial charge in [0, 0.05) is 11.8 Å². The number of fused-ring (bicyclic) bond motifs is 2. The van der Waals surface area contributed by atoms with E-state index >= 15 is 39.5 Å². The molecule has 0 spiro atoms. The maximum Gasteiger partial charge on any atom is 0.510 e. The van der Waals surface area contributed by atoms with Crippen molar-refractivity contribution in [2.75, 3.05) is 0 Å². The summed E-state index contributed by atoms with van der Waals surface area (Å²) in [5.74, 6) is -16.6. The maximum absolute atomic E-state index is 15.2. The summed E-state index contributed by atoms with van der Waals surface area (Å²) in [5.41, 5.74) is -15.0. The summed E-state index contributed by atoms with van der Waals surface area (Å²) < 4.78 is 165. The van der Waals surface area contributed by atoms with E-state index in [4.69, 9.17) is 18.9 Å². The van der Waals surface area contributed by atoms with E-state index in [1.165, 1.54) is 27.7 Å². The lowest BCUT2D eigenvalue weighted by Crippen LogP contribution is -2.67. The molecule has 22 heteroatoms. The van der Waals surface area contributed by atoms with Crippen molar-refractivity contribution in [3.63, 3.8) is 0 Å². The van der Waals surface area contributed by atoms with Gasteiger partial charge in [0.05, 0.1) is 23.2 Å². The normalized spacial score (nSPS) is 31.7. The Morgan fingerprint density at radius 2 is 1.18 bits per heavy atom. The van der Waals surface area contributed by atoms with Gasteiger partial charge in [0.1, 0.15) is 17.3 Å². The average Bonchev–Trinajstić information content (AvgIpc) is 3.73. The first kappa shape index (κ1) is 50.6. The molecule has 4 fully saturated rings. The van der Waals surface area contributed by atoms with Gasteiger partial charge in [-0.25, -0.2) is 9.59 Å². The average molecular weight is 913 g/mol. The molecule has 12 unspecified atom stereocenters. The molecule has 3 aliphatic carbocycles. The molecule has 1 saturated heterocycles. The van der Waals surface area contributed by atoms with Crippen LogP contribution in [0.2, 0.25) is 0 Å². The van der Waals surface area contributed by atoms with Gasteiger partial charge in [0.25, 0.3) is 0 Å². The summed E-state index contributed by atoms with van der Waals surface area (Å²) in [6.45, 7) is 11.3. The Morgan fingerprint density at radius 3 is 1.61 bits per heavy atom. The van der Waals surface area contributed by atoms with E-state index in [1.54, 1.807) is 6.92 Å². The fourth-order valence-corrected chi connectivity index (χ4v) is 10.1. The van der Waals surface area contributed by atoms with Gasteiger partial charge in [-0.2, -0.15) is 39.5 Å². The number of rotatable bonds is 10. The van der Waals surface area contributed by atoms with Gasteiger partial charge in [0.2, 0.25) is 5.60 Å². The van der Waals surface area contributed by atoms with Crippen molar-refractivity contribution < 1.29 is 102 Å². The largest absolute Gasteiger partial charge is 0.510 e. The van der Waals surface area contributed by atoms with E-state index in [1.807, 2.05) is 0 Å². The lowest BCUT2D eigenvalue weighted by molar-refractivity contribution is -0.392. The molecular weight excluding hydrogens is 859 g/mol. The third kappa shape index (κ3) is 9.43. The van der Waals surface area contributed by atoms with Crippen LogP contribution in [0.1, 0.15) is 108 Å². The predicted octanol–water partition coefficient (Wildman–Crippen LogP) is 9.13. The number of hydrogen-bond donors (Lipinski definition) is 1. The highest BCUT2D eigenvalue weighted by atomic mass is 19.4. The third-order valence-electron chi connectivity index (χ3n) is 13.2. The van der Waals surface area contributed by atoms with Crippen molar-refractivity contribution in [1.82, 2.24) is 0 Å². The molecular formula is C40H53F9O13. The Balaban J connectivity index is 1.84. The molecule has 354 valence electrons. The molecule has 0 amide bonds. The van der Waals surface area contributed by atoms with E-state index in [0.29, 0.717) is 6.42 Å². The second-order valence-corrected chi connectivity index (χ2v) is 19.4. The summed E-state index contributed by atoms with van der Waals surface area (Å²) in [7, 11) is 0. The van der Waals surface area contributed by atoms with Crippen molar-refractivity contribution in [2.45, 2.75) is 155 Å². The highest BCUT2D eigenvalue weighted by molar-refractivity contribution is 6.00. The van der Waals surface area contributed by atoms with Crippen molar-refractivity contribution in [3.05, 3.63) is 0 Å². The number of carbonyl (C=O) groups is 6. The number of ether oxygens (including phenoxy) is 6. The molecule has 12 atom stereocenters. The number of esters is 3. The van der Waals surface area contributed by atoms with Crippen LogP contribution < -0.4 is 0 Å². The first-order chi connectivity index (χ1) is 27.8. The predicted molar refractivity (Wildman–Crippen MR) is 191 cm³/mol. The standard InChI is InChI=1S/C40H53F9O13/c1-11-35(9,26-25(28(52)58-29(26)53)24-17(2)22-12-18(24)13-23(22)27(50)51)30(54)57-21-15-19(36(10,38(41,42)43)61-31(55)59-33(3,4)5)14-20(16-21)37(39(44,45)46,40(47,48)49)62-32(56)60-34(6,7)8/h17-26H,11-16H2,1-10H3,(H,50,51). The topological polar surface area (TPSA) is 178 Å². The van der Waals surface area contributed by atoms with Crippen LogP contribution >= 0.6 is 0 Å². The second kappa shape index (κ2) is 16.5. The summed E-state index contributed by atoms with van der Waals surface area (Å²) in [4.78, 5) is 78.7. The minimum absolute atomic E-state index is 0.132. The number of carbonyl (C=O) groups excluding carboxylic acids is 5. The van der Waals surface area contributed by atoms with Gasteiger partial charge in [-0.05, 0) is 118 Å². The van der Waals surface area contributed by atoms with Crippen LogP contribution in [0.25, 0.3) is 0 Å². The van der Waals surface area contributed by atoms with Crippen LogP contribution in [-0.2, 0) is 47.6 Å². The minimum Gasteiger partial charge on any atom is -0.481 e. The van der Waals surface area contributed by atoms with Crippen molar-refractivity contribution in [1.29, 1.82) is 0 Å². The van der Waals surface area contributed by atoms with Crippen LogP contribution in [0.4, 0.5) is 49.1 Å². The van der Waals surface area contributed by atoms with Crippen LogP contribution in [-0.4, -0.2) is 88.3 Å². The van der Waals surface area contributed by atoms with Gasteiger partial charge in [-0.15, -0.1) is 0 Å². The smallest absolute Gasteiger partial charge is 0.481 e. The molecule has 0 aromatic carbocycles. The number of alkyl halides is 9. The highest BCUT2D eigenvalue weighted by Crippen LogP contribution is 2.62. The number of aliphatic carboxylic acids is 1. The zero-order chi connectivity index (χ0) is 47.7. The molecule has 0 aromatic heterocycles. The Kier molecular flexibility index (Phi) is 13.5. The van der Waals surface area contributed by atoms with E-state index in [0.717, 1.165) is 27.7 Å². The van der Waals surface area contributed by atoms with Gasteiger partial charge < -0.3 is 33.5 Å². The number of cyclic esters (lactones) is 2. The van der Waals surface area contributed by atoms with E-state index in [-0.39, 0.29) is 19.8 Å². The zero-order valence-electron chi connectivity index (χ0n) is 35.8. The molecule has 1 aliphatic heterocycles. The minimum atomic E-state index is -6.62. The zero-order valence-corrected chi connectivity index (χ0v) is 35.8. The summed E-state index contributed by atoms with van der Waals surface area (Å²) >= 11 is 0. The highest BCUT2D eigenvalue weighted by Gasteiger charge is 2.79. The molecule has 13 nitrogen and oxygen atoms in total. The van der Waals surface area contributed by atoms with E-state index in [9.17, 15) is 33.9 Å². The molecule has 2 bridgehead atoms. The Hall–Kier alpha value is -4.01. The maximum atomic E-state index is 15.2. The fraction of sp³-hybridized carbons (Fsp3) is 0.850. The van der Waals surface area contributed by atoms with Gasteiger partial charge in [-0.1, -0.05) is 13.8 Å².